The molecule has 1 saturated carbocycles. The van der Waals surface area contributed by atoms with Gasteiger partial charge in [-0.3, -0.25) is 4.79 Å². The highest BCUT2D eigenvalue weighted by atomic mass is 19.1. The van der Waals surface area contributed by atoms with Crippen LogP contribution in [-0.4, -0.2) is 5.97 Å². The van der Waals surface area contributed by atoms with Gasteiger partial charge >= 0.3 is 5.97 Å². The molecule has 0 aromatic heterocycles. The molecular weight excluding hydrogens is 298 g/mol. The average Bonchev–Trinajstić information content (AvgIpc) is 2.55. The summed E-state index contributed by atoms with van der Waals surface area (Å²) in [6.07, 6.45) is 10.0. The monoisotopic (exact) mass is 324 g/mol. The van der Waals surface area contributed by atoms with Crippen LogP contribution < -0.4 is 4.74 Å². The number of carbonyl (C=O) groups is 1. The van der Waals surface area contributed by atoms with Crippen molar-refractivity contribution in [3.63, 3.8) is 0 Å². The normalized spacial score (nSPS) is 21.2. The molecule has 1 aliphatic carbocycles. The molecule has 0 aliphatic heterocycles. The van der Waals surface area contributed by atoms with Crippen molar-refractivity contribution in [2.45, 2.75) is 64.7 Å². The van der Waals surface area contributed by atoms with E-state index in [9.17, 15) is 13.6 Å². The summed E-state index contributed by atoms with van der Waals surface area (Å²) in [6.45, 7) is 2.21. The zero-order valence-electron chi connectivity index (χ0n) is 13.8. The maximum absolute atomic E-state index is 13.5. The molecule has 0 unspecified atom stereocenters. The Hall–Kier alpha value is -1.45. The van der Waals surface area contributed by atoms with Gasteiger partial charge < -0.3 is 4.74 Å². The van der Waals surface area contributed by atoms with Gasteiger partial charge in [-0.05, 0) is 43.7 Å². The largest absolute Gasteiger partial charge is 0.423 e. The van der Waals surface area contributed by atoms with E-state index in [0.29, 0.717) is 5.92 Å². The number of benzene rings is 1. The van der Waals surface area contributed by atoms with Crippen LogP contribution in [0, 0.1) is 23.5 Å². The molecule has 4 heteroatoms. The van der Waals surface area contributed by atoms with Gasteiger partial charge in [-0.1, -0.05) is 39.0 Å². The van der Waals surface area contributed by atoms with E-state index in [2.05, 4.69) is 6.92 Å². The molecule has 2 rings (SSSR count). The highest BCUT2D eigenvalue weighted by Crippen LogP contribution is 2.33. The molecule has 0 atom stereocenters. The highest BCUT2D eigenvalue weighted by Gasteiger charge is 2.28. The van der Waals surface area contributed by atoms with E-state index < -0.39 is 11.6 Å². The summed E-state index contributed by atoms with van der Waals surface area (Å²) in [6, 6.07) is 3.00. The summed E-state index contributed by atoms with van der Waals surface area (Å²) in [5.74, 6) is -1.53. The Kier molecular flexibility index (Phi) is 7.00. The lowest BCUT2D eigenvalue weighted by atomic mass is 9.80. The Bertz CT molecular complexity index is 508. The highest BCUT2D eigenvalue weighted by molar-refractivity contribution is 5.75. The maximum atomic E-state index is 13.5. The minimum absolute atomic E-state index is 0.161. The zero-order chi connectivity index (χ0) is 16.7. The van der Waals surface area contributed by atoms with Crippen LogP contribution in [0.15, 0.2) is 18.2 Å². The quantitative estimate of drug-likeness (QED) is 0.368. The molecule has 1 aliphatic rings. The predicted molar refractivity (Wildman–Crippen MR) is 86.2 cm³/mol. The second-order valence-electron chi connectivity index (χ2n) is 6.56. The molecule has 0 radical (unpaired) electrons. The van der Waals surface area contributed by atoms with Crippen molar-refractivity contribution in [2.75, 3.05) is 0 Å². The Balaban J connectivity index is 1.75. The van der Waals surface area contributed by atoms with Gasteiger partial charge in [0.1, 0.15) is 5.82 Å². The van der Waals surface area contributed by atoms with E-state index >= 15 is 0 Å². The van der Waals surface area contributed by atoms with E-state index in [0.717, 1.165) is 37.8 Å². The van der Waals surface area contributed by atoms with Gasteiger partial charge in [0, 0.05) is 6.07 Å². The lowest BCUT2D eigenvalue weighted by Crippen LogP contribution is -2.26. The van der Waals surface area contributed by atoms with Crippen LogP contribution >= 0.6 is 0 Å². The SMILES string of the molecule is CCCCCC[C@H]1CC[C@H](C(=O)Oc2ccc(F)cc2F)CC1. The van der Waals surface area contributed by atoms with Gasteiger partial charge in [0.2, 0.25) is 0 Å². The van der Waals surface area contributed by atoms with Crippen molar-refractivity contribution in [3.05, 3.63) is 29.8 Å². The van der Waals surface area contributed by atoms with E-state index in [1.54, 1.807) is 0 Å². The molecule has 0 saturated heterocycles. The second-order valence-corrected chi connectivity index (χ2v) is 6.56. The van der Waals surface area contributed by atoms with Crippen molar-refractivity contribution in [1.29, 1.82) is 0 Å². The van der Waals surface area contributed by atoms with Gasteiger partial charge in [-0.15, -0.1) is 0 Å². The molecule has 1 aromatic rings. The van der Waals surface area contributed by atoms with Crippen molar-refractivity contribution < 1.29 is 18.3 Å². The molecule has 1 fully saturated rings. The van der Waals surface area contributed by atoms with E-state index in [4.69, 9.17) is 4.74 Å². The van der Waals surface area contributed by atoms with Crippen LogP contribution in [0.4, 0.5) is 8.78 Å². The minimum Gasteiger partial charge on any atom is -0.423 e. The molecule has 128 valence electrons. The summed E-state index contributed by atoms with van der Waals surface area (Å²) < 4.78 is 31.5. The Labute approximate surface area is 137 Å². The van der Waals surface area contributed by atoms with Gasteiger partial charge in [0.15, 0.2) is 11.6 Å². The van der Waals surface area contributed by atoms with Crippen LogP contribution in [0.2, 0.25) is 0 Å². The minimum atomic E-state index is -0.831. The Morgan fingerprint density at radius 2 is 1.87 bits per heavy atom. The van der Waals surface area contributed by atoms with Crippen molar-refractivity contribution in [2.24, 2.45) is 11.8 Å². The number of ether oxygens (including phenoxy) is 1. The van der Waals surface area contributed by atoms with Gasteiger partial charge in [0.05, 0.1) is 5.92 Å². The summed E-state index contributed by atoms with van der Waals surface area (Å²) >= 11 is 0. The van der Waals surface area contributed by atoms with Crippen LogP contribution in [0.25, 0.3) is 0 Å². The lowest BCUT2D eigenvalue weighted by Gasteiger charge is -2.27. The van der Waals surface area contributed by atoms with E-state index in [1.807, 2.05) is 0 Å². The average molecular weight is 324 g/mol. The van der Waals surface area contributed by atoms with Crippen LogP contribution in [0.1, 0.15) is 64.7 Å². The third-order valence-corrected chi connectivity index (χ3v) is 4.75. The number of rotatable bonds is 7. The fraction of sp³-hybridized carbons (Fsp3) is 0.632. The topological polar surface area (TPSA) is 26.3 Å². The van der Waals surface area contributed by atoms with Crippen molar-refractivity contribution in [1.82, 2.24) is 0 Å². The molecule has 0 N–H and O–H groups in total. The van der Waals surface area contributed by atoms with Crippen molar-refractivity contribution >= 4 is 5.97 Å². The number of halogens is 2. The van der Waals surface area contributed by atoms with Gasteiger partial charge in [-0.2, -0.15) is 0 Å². The molecule has 1 aromatic carbocycles. The molecular formula is C19H26F2O2. The molecule has 0 spiro atoms. The fourth-order valence-corrected chi connectivity index (χ4v) is 3.30. The first-order chi connectivity index (χ1) is 11.1. The first kappa shape index (κ1) is 17.9. The molecule has 0 heterocycles. The van der Waals surface area contributed by atoms with Crippen LogP contribution in [0.5, 0.6) is 5.75 Å². The smallest absolute Gasteiger partial charge is 0.314 e. The van der Waals surface area contributed by atoms with Crippen molar-refractivity contribution in [3.8, 4) is 5.75 Å². The number of unbranched alkanes of at least 4 members (excludes halogenated alkanes) is 3. The number of esters is 1. The zero-order valence-corrected chi connectivity index (χ0v) is 13.8. The Morgan fingerprint density at radius 3 is 2.52 bits per heavy atom. The van der Waals surface area contributed by atoms with E-state index in [-0.39, 0.29) is 17.6 Å². The Morgan fingerprint density at radius 1 is 1.13 bits per heavy atom. The maximum Gasteiger partial charge on any atom is 0.314 e. The number of hydrogen-bond donors (Lipinski definition) is 0. The third-order valence-electron chi connectivity index (χ3n) is 4.75. The first-order valence-corrected chi connectivity index (χ1v) is 8.77. The summed E-state index contributed by atoms with van der Waals surface area (Å²) in [5.41, 5.74) is 0. The second kappa shape index (κ2) is 8.99. The first-order valence-electron chi connectivity index (χ1n) is 8.77. The predicted octanol–water partition coefficient (Wildman–Crippen LogP) is 5.65. The van der Waals surface area contributed by atoms with Crippen LogP contribution in [0.3, 0.4) is 0 Å². The summed E-state index contributed by atoms with van der Waals surface area (Å²) in [4.78, 5) is 12.1. The van der Waals surface area contributed by atoms with Gasteiger partial charge in [0.25, 0.3) is 0 Å². The third kappa shape index (κ3) is 5.60. The fourth-order valence-electron chi connectivity index (χ4n) is 3.30. The number of carbonyl (C=O) groups excluding carboxylic acids is 1. The number of hydrogen-bond acceptors (Lipinski definition) is 2. The summed E-state index contributed by atoms with van der Waals surface area (Å²) in [7, 11) is 0. The molecule has 0 bridgehead atoms. The molecule has 2 nitrogen and oxygen atoms in total. The van der Waals surface area contributed by atoms with E-state index in [1.165, 1.54) is 38.2 Å². The van der Waals surface area contributed by atoms with Gasteiger partial charge in [-0.25, -0.2) is 8.78 Å². The van der Waals surface area contributed by atoms with Crippen LogP contribution in [-0.2, 0) is 4.79 Å². The molecule has 23 heavy (non-hydrogen) atoms. The summed E-state index contributed by atoms with van der Waals surface area (Å²) in [5, 5.41) is 0. The lowest BCUT2D eigenvalue weighted by molar-refractivity contribution is -0.140. The standard InChI is InChI=1S/C19H26F2O2/c1-2-3-4-5-6-14-7-9-15(10-8-14)19(22)23-18-12-11-16(20)13-17(18)21/h11-15H,2-10H2,1H3/t14-,15-. The molecule has 0 amide bonds.